The molecule has 0 spiro atoms. The fraction of sp³-hybridized carbons (Fsp3) is 0.438. The van der Waals surface area contributed by atoms with Crippen molar-refractivity contribution in [3.63, 3.8) is 0 Å². The van der Waals surface area contributed by atoms with Gasteiger partial charge in [0.25, 0.3) is 5.91 Å². The highest BCUT2D eigenvalue weighted by Gasteiger charge is 2.24. The van der Waals surface area contributed by atoms with Gasteiger partial charge in [0, 0.05) is 11.8 Å². The van der Waals surface area contributed by atoms with E-state index >= 15 is 0 Å². The Labute approximate surface area is 157 Å². The highest BCUT2D eigenvalue weighted by Crippen LogP contribution is 2.21. The number of halogens is 1. The molecule has 8 nitrogen and oxygen atoms in total. The summed E-state index contributed by atoms with van der Waals surface area (Å²) in [6, 6.07) is 2.83. The number of carbonyl (C=O) groups excluding carboxylic acids is 3. The normalized spacial score (nSPS) is 12.8. The van der Waals surface area contributed by atoms with E-state index in [4.69, 9.17) is 16.3 Å². The molecule has 144 valence electrons. The molecule has 2 N–H and O–H groups in total. The van der Waals surface area contributed by atoms with E-state index in [1.807, 2.05) is 5.32 Å². The van der Waals surface area contributed by atoms with Crippen LogP contribution in [0.4, 0.5) is 4.79 Å². The summed E-state index contributed by atoms with van der Waals surface area (Å²) < 4.78 is 28.1. The largest absolute Gasteiger partial charge is 0.449 e. The van der Waals surface area contributed by atoms with Crippen LogP contribution < -0.4 is 10.6 Å². The maximum Gasteiger partial charge on any atom is 0.340 e. The van der Waals surface area contributed by atoms with Gasteiger partial charge in [-0.15, -0.1) is 0 Å². The molecule has 3 amide bonds. The van der Waals surface area contributed by atoms with Crippen LogP contribution >= 0.6 is 11.6 Å². The third-order valence-corrected chi connectivity index (χ3v) is 4.40. The molecule has 0 heterocycles. The molecular formula is C16H21ClN2O6S. The van der Waals surface area contributed by atoms with Gasteiger partial charge in [0.1, 0.15) is 0 Å². The van der Waals surface area contributed by atoms with Crippen LogP contribution in [0.1, 0.15) is 38.1 Å². The molecular weight excluding hydrogens is 384 g/mol. The number of hydrogen-bond donors (Lipinski definition) is 2. The summed E-state index contributed by atoms with van der Waals surface area (Å²) in [6.45, 7) is 6.47. The first-order valence-electron chi connectivity index (χ1n) is 7.54. The van der Waals surface area contributed by atoms with Gasteiger partial charge in [-0.2, -0.15) is 0 Å². The lowest BCUT2D eigenvalue weighted by Crippen LogP contribution is -2.50. The highest BCUT2D eigenvalue weighted by molar-refractivity contribution is 7.90. The van der Waals surface area contributed by atoms with Gasteiger partial charge in [-0.05, 0) is 45.9 Å². The number of rotatable bonds is 4. The van der Waals surface area contributed by atoms with Crippen molar-refractivity contribution in [2.24, 2.45) is 0 Å². The van der Waals surface area contributed by atoms with E-state index in [-0.39, 0.29) is 15.5 Å². The maximum atomic E-state index is 12.2. The van der Waals surface area contributed by atoms with Crippen LogP contribution in [0.25, 0.3) is 0 Å². The van der Waals surface area contributed by atoms with Crippen molar-refractivity contribution in [1.29, 1.82) is 0 Å². The number of nitrogens with one attached hydrogen (secondary N) is 2. The fourth-order valence-electron chi connectivity index (χ4n) is 1.75. The van der Waals surface area contributed by atoms with Crippen LogP contribution in [0, 0.1) is 0 Å². The zero-order valence-electron chi connectivity index (χ0n) is 15.0. The molecule has 0 radical (unpaired) electrons. The Morgan fingerprint density at radius 3 is 2.27 bits per heavy atom. The Bertz CT molecular complexity index is 830. The third-order valence-electron chi connectivity index (χ3n) is 2.96. The molecule has 0 fully saturated rings. The van der Waals surface area contributed by atoms with E-state index in [1.54, 1.807) is 20.8 Å². The molecule has 1 rings (SSSR count). The number of imide groups is 1. The summed E-state index contributed by atoms with van der Waals surface area (Å²) in [5, 5.41) is 4.54. The Morgan fingerprint density at radius 2 is 1.77 bits per heavy atom. The summed E-state index contributed by atoms with van der Waals surface area (Å²) >= 11 is 5.90. The molecule has 1 atom stereocenters. The monoisotopic (exact) mass is 404 g/mol. The van der Waals surface area contributed by atoms with Gasteiger partial charge in [-0.1, -0.05) is 11.6 Å². The van der Waals surface area contributed by atoms with E-state index < -0.39 is 39.4 Å². The van der Waals surface area contributed by atoms with Crippen LogP contribution in [0.5, 0.6) is 0 Å². The Hall–Kier alpha value is -2.13. The minimum atomic E-state index is -3.55. The molecule has 1 aromatic rings. The molecule has 0 aromatic heterocycles. The minimum absolute atomic E-state index is 0.0273. The van der Waals surface area contributed by atoms with Gasteiger partial charge >= 0.3 is 12.0 Å². The average Bonchev–Trinajstić information content (AvgIpc) is 2.43. The molecule has 26 heavy (non-hydrogen) atoms. The predicted octanol–water partition coefficient (Wildman–Crippen LogP) is 1.91. The van der Waals surface area contributed by atoms with Crippen molar-refractivity contribution >= 4 is 39.3 Å². The number of sulfone groups is 1. The molecule has 0 aliphatic heterocycles. The first-order valence-corrected chi connectivity index (χ1v) is 9.81. The maximum absolute atomic E-state index is 12.2. The van der Waals surface area contributed by atoms with E-state index in [9.17, 15) is 22.8 Å². The van der Waals surface area contributed by atoms with E-state index in [0.717, 1.165) is 12.3 Å². The lowest BCUT2D eigenvalue weighted by Gasteiger charge is -2.21. The van der Waals surface area contributed by atoms with E-state index in [1.165, 1.54) is 19.1 Å². The third kappa shape index (κ3) is 6.64. The summed E-state index contributed by atoms with van der Waals surface area (Å²) in [7, 11) is -3.55. The molecule has 0 saturated heterocycles. The number of urea groups is 1. The Balaban J connectivity index is 2.84. The molecule has 0 aliphatic carbocycles. The average molecular weight is 405 g/mol. The molecule has 0 saturated carbocycles. The fourth-order valence-corrected chi connectivity index (χ4v) is 2.60. The van der Waals surface area contributed by atoms with Crippen molar-refractivity contribution in [2.45, 2.75) is 44.2 Å². The SMILES string of the molecule is C[C@H](OC(=O)c1cc(S(C)(=O)=O)ccc1Cl)C(=O)NC(=O)NC(C)(C)C. The zero-order valence-corrected chi connectivity index (χ0v) is 16.6. The van der Waals surface area contributed by atoms with E-state index in [0.29, 0.717) is 0 Å². The van der Waals surface area contributed by atoms with Crippen LogP contribution in [0.3, 0.4) is 0 Å². The van der Waals surface area contributed by atoms with Crippen LogP contribution in [0.15, 0.2) is 23.1 Å². The van der Waals surface area contributed by atoms with Gasteiger partial charge in [0.05, 0.1) is 15.5 Å². The quantitative estimate of drug-likeness (QED) is 0.740. The van der Waals surface area contributed by atoms with Crippen molar-refractivity contribution < 1.29 is 27.5 Å². The lowest BCUT2D eigenvalue weighted by atomic mass is 10.1. The lowest BCUT2D eigenvalue weighted by molar-refractivity contribution is -0.127. The van der Waals surface area contributed by atoms with Crippen molar-refractivity contribution in [3.8, 4) is 0 Å². The minimum Gasteiger partial charge on any atom is -0.449 e. The number of amides is 3. The Morgan fingerprint density at radius 1 is 1.19 bits per heavy atom. The van der Waals surface area contributed by atoms with Crippen molar-refractivity contribution in [1.82, 2.24) is 10.6 Å². The first-order chi connectivity index (χ1) is 11.7. The van der Waals surface area contributed by atoms with Gasteiger partial charge in [-0.3, -0.25) is 10.1 Å². The van der Waals surface area contributed by atoms with Crippen LogP contribution in [-0.4, -0.2) is 44.2 Å². The smallest absolute Gasteiger partial charge is 0.340 e. The summed E-state index contributed by atoms with van der Waals surface area (Å²) in [4.78, 5) is 35.7. The van der Waals surface area contributed by atoms with Crippen molar-refractivity contribution in [2.75, 3.05) is 6.26 Å². The summed E-state index contributed by atoms with van der Waals surface area (Å²) in [5.74, 6) is -1.82. The zero-order chi connectivity index (χ0) is 20.3. The Kier molecular flexibility index (Phi) is 6.78. The first kappa shape index (κ1) is 21.9. The predicted molar refractivity (Wildman–Crippen MR) is 95.9 cm³/mol. The molecule has 0 unspecified atom stereocenters. The summed E-state index contributed by atoms with van der Waals surface area (Å²) in [6.07, 6.45) is -0.318. The van der Waals surface area contributed by atoms with Crippen LogP contribution in [-0.2, 0) is 19.4 Å². The second-order valence-electron chi connectivity index (χ2n) is 6.65. The number of carbonyl (C=O) groups is 3. The standard InChI is InChI=1S/C16H21ClN2O6S/c1-9(13(20)18-15(22)19-16(2,3)4)25-14(21)11-8-10(26(5,23)24)6-7-12(11)17/h6-9H,1-5H3,(H2,18,19,20,22)/t9-/m0/s1. The topological polar surface area (TPSA) is 119 Å². The molecule has 0 bridgehead atoms. The number of ether oxygens (including phenoxy) is 1. The highest BCUT2D eigenvalue weighted by atomic mass is 35.5. The van der Waals surface area contributed by atoms with E-state index in [2.05, 4.69) is 5.32 Å². The molecule has 1 aromatic carbocycles. The van der Waals surface area contributed by atoms with Gasteiger partial charge < -0.3 is 10.1 Å². The number of hydrogen-bond acceptors (Lipinski definition) is 6. The second kappa shape index (κ2) is 8.05. The molecule has 0 aliphatic rings. The number of benzene rings is 1. The summed E-state index contributed by atoms with van der Waals surface area (Å²) in [5.41, 5.74) is -0.752. The van der Waals surface area contributed by atoms with Gasteiger partial charge in [0.2, 0.25) is 0 Å². The van der Waals surface area contributed by atoms with Gasteiger partial charge in [0.15, 0.2) is 15.9 Å². The van der Waals surface area contributed by atoms with Gasteiger partial charge in [-0.25, -0.2) is 18.0 Å². The molecule has 10 heteroatoms. The van der Waals surface area contributed by atoms with Crippen LogP contribution in [0.2, 0.25) is 5.02 Å². The van der Waals surface area contributed by atoms with Crippen molar-refractivity contribution in [3.05, 3.63) is 28.8 Å². The number of esters is 1. The second-order valence-corrected chi connectivity index (χ2v) is 9.08.